The van der Waals surface area contributed by atoms with Crippen LogP contribution in [0.25, 0.3) is 0 Å². The maximum Gasteiger partial charge on any atom is 1.00 e. The molecule has 0 saturated carbocycles. The molecule has 0 aromatic rings. The van der Waals surface area contributed by atoms with Gasteiger partial charge in [0.05, 0.1) is 5.95 Å². The molecule has 0 heterocycles. The van der Waals surface area contributed by atoms with Crippen LogP contribution in [0.4, 0.5) is 0 Å². The first kappa shape index (κ1) is 11.9. The van der Waals surface area contributed by atoms with Crippen molar-refractivity contribution in [2.75, 3.05) is 7.11 Å². The molecule has 0 amide bonds. The number of hydrogen-bond acceptors (Lipinski definition) is 3. The SMILES string of the molecule is CO/C([O-])=C1\C=CC=CC1=S.[Na+]. The Balaban J connectivity index is 0.00000121. The maximum absolute atomic E-state index is 10.9. The van der Waals surface area contributed by atoms with Crippen molar-refractivity contribution in [1.29, 1.82) is 0 Å². The second kappa shape index (κ2) is 5.54. The fourth-order valence-corrected chi connectivity index (χ4v) is 0.975. The van der Waals surface area contributed by atoms with Crippen molar-refractivity contribution in [3.8, 4) is 0 Å². The molecule has 0 aromatic heterocycles. The molecule has 1 aliphatic rings. The standard InChI is InChI=1S/C8H8O2S.Na/c1-10-8(9)6-4-2-3-5-7(6)11;/h2-5,9H,1H3;/q;+1/p-1/b8-6+;. The first-order chi connectivity index (χ1) is 5.25. The zero-order valence-electron chi connectivity index (χ0n) is 7.03. The number of ether oxygens (including phenoxy) is 1. The Morgan fingerprint density at radius 1 is 1.42 bits per heavy atom. The molecule has 4 heteroatoms. The van der Waals surface area contributed by atoms with Gasteiger partial charge in [-0.15, -0.1) is 0 Å². The molecule has 0 fully saturated rings. The molecule has 0 radical (unpaired) electrons. The van der Waals surface area contributed by atoms with Crippen LogP contribution in [0, 0.1) is 0 Å². The molecule has 0 atom stereocenters. The predicted octanol–water partition coefficient (Wildman–Crippen LogP) is -2.30. The summed E-state index contributed by atoms with van der Waals surface area (Å²) in [6.45, 7) is 0. The summed E-state index contributed by atoms with van der Waals surface area (Å²) in [5.41, 5.74) is 0.449. The van der Waals surface area contributed by atoms with Crippen molar-refractivity contribution in [3.63, 3.8) is 0 Å². The van der Waals surface area contributed by atoms with E-state index in [2.05, 4.69) is 4.74 Å². The van der Waals surface area contributed by atoms with Gasteiger partial charge in [-0.3, -0.25) is 0 Å². The second-order valence-electron chi connectivity index (χ2n) is 1.99. The zero-order valence-corrected chi connectivity index (χ0v) is 9.85. The summed E-state index contributed by atoms with van der Waals surface area (Å²) in [5.74, 6) is -0.379. The van der Waals surface area contributed by atoms with E-state index in [9.17, 15) is 5.11 Å². The summed E-state index contributed by atoms with van der Waals surface area (Å²) in [6, 6.07) is 0. The first-order valence-corrected chi connectivity index (χ1v) is 3.51. The van der Waals surface area contributed by atoms with Crippen LogP contribution in [0.3, 0.4) is 0 Å². The predicted molar refractivity (Wildman–Crippen MR) is 44.9 cm³/mol. The Hall–Kier alpha value is -0.0900. The second-order valence-corrected chi connectivity index (χ2v) is 2.43. The molecule has 0 bridgehead atoms. The Kier molecular flexibility index (Phi) is 5.50. The topological polar surface area (TPSA) is 32.3 Å². The first-order valence-electron chi connectivity index (χ1n) is 3.10. The molecule has 0 aromatic carbocycles. The van der Waals surface area contributed by atoms with Crippen LogP contribution in [-0.2, 0) is 4.74 Å². The molecule has 1 aliphatic carbocycles. The Morgan fingerprint density at radius 3 is 2.50 bits per heavy atom. The molecule has 0 aliphatic heterocycles. The van der Waals surface area contributed by atoms with E-state index in [4.69, 9.17) is 12.2 Å². The monoisotopic (exact) mass is 190 g/mol. The third kappa shape index (κ3) is 2.75. The van der Waals surface area contributed by atoms with E-state index < -0.39 is 0 Å². The molecular formula is C8H7NaO2S. The van der Waals surface area contributed by atoms with E-state index in [1.807, 2.05) is 0 Å². The zero-order chi connectivity index (χ0) is 8.27. The summed E-state index contributed by atoms with van der Waals surface area (Å²) in [4.78, 5) is 0.527. The van der Waals surface area contributed by atoms with Crippen molar-refractivity contribution in [1.82, 2.24) is 0 Å². The van der Waals surface area contributed by atoms with Crippen LogP contribution in [0.1, 0.15) is 0 Å². The summed E-state index contributed by atoms with van der Waals surface area (Å²) < 4.78 is 4.51. The number of rotatable bonds is 1. The van der Waals surface area contributed by atoms with Crippen molar-refractivity contribution in [2.45, 2.75) is 0 Å². The van der Waals surface area contributed by atoms with Gasteiger partial charge in [0.2, 0.25) is 0 Å². The van der Waals surface area contributed by atoms with Gasteiger partial charge in [0.1, 0.15) is 0 Å². The summed E-state index contributed by atoms with van der Waals surface area (Å²) >= 11 is 4.89. The van der Waals surface area contributed by atoms with Gasteiger partial charge in [0, 0.05) is 10.4 Å². The van der Waals surface area contributed by atoms with Crippen LogP contribution in [0.5, 0.6) is 0 Å². The Bertz CT molecular complexity index is 266. The van der Waals surface area contributed by atoms with E-state index in [-0.39, 0.29) is 35.5 Å². The molecule has 0 spiro atoms. The number of allylic oxidation sites excluding steroid dienone is 5. The van der Waals surface area contributed by atoms with E-state index in [0.29, 0.717) is 10.4 Å². The fraction of sp³-hybridized carbons (Fsp3) is 0.125. The summed E-state index contributed by atoms with van der Waals surface area (Å²) in [6.07, 6.45) is 6.88. The molecule has 12 heavy (non-hydrogen) atoms. The fourth-order valence-electron chi connectivity index (χ4n) is 0.745. The van der Waals surface area contributed by atoms with Gasteiger partial charge in [-0.25, -0.2) is 0 Å². The van der Waals surface area contributed by atoms with Crippen molar-refractivity contribution < 1.29 is 39.4 Å². The molecule has 0 N–H and O–H groups in total. The van der Waals surface area contributed by atoms with Crippen molar-refractivity contribution in [3.05, 3.63) is 35.8 Å². The van der Waals surface area contributed by atoms with Crippen molar-refractivity contribution in [2.24, 2.45) is 0 Å². The Morgan fingerprint density at radius 2 is 2.00 bits per heavy atom. The molecule has 0 saturated heterocycles. The minimum Gasteiger partial charge on any atom is -0.616 e. The molecule has 0 unspecified atom stereocenters. The molecular weight excluding hydrogens is 183 g/mol. The molecule has 1 rings (SSSR count). The minimum absolute atomic E-state index is 0. The van der Waals surface area contributed by atoms with Crippen LogP contribution < -0.4 is 34.7 Å². The number of methoxy groups -OCH3 is 1. The quantitative estimate of drug-likeness (QED) is 0.202. The van der Waals surface area contributed by atoms with E-state index in [1.54, 1.807) is 24.3 Å². The third-order valence-corrected chi connectivity index (χ3v) is 1.65. The minimum atomic E-state index is -0.379. The molecule has 2 nitrogen and oxygen atoms in total. The van der Waals surface area contributed by atoms with Crippen LogP contribution in [0.15, 0.2) is 35.8 Å². The summed E-state index contributed by atoms with van der Waals surface area (Å²) in [7, 11) is 1.34. The van der Waals surface area contributed by atoms with Gasteiger partial charge in [0.15, 0.2) is 0 Å². The smallest absolute Gasteiger partial charge is 0.616 e. The number of thiocarbonyl (C=S) groups is 1. The van der Waals surface area contributed by atoms with E-state index in [0.717, 1.165) is 0 Å². The van der Waals surface area contributed by atoms with Crippen LogP contribution >= 0.6 is 12.2 Å². The van der Waals surface area contributed by atoms with Gasteiger partial charge >= 0.3 is 29.6 Å². The van der Waals surface area contributed by atoms with Gasteiger partial charge in [-0.05, 0) is 13.2 Å². The van der Waals surface area contributed by atoms with Gasteiger partial charge in [0.25, 0.3) is 0 Å². The van der Waals surface area contributed by atoms with Crippen LogP contribution in [0.2, 0.25) is 0 Å². The maximum atomic E-state index is 10.9. The van der Waals surface area contributed by atoms with Gasteiger partial charge in [-0.1, -0.05) is 30.4 Å². The van der Waals surface area contributed by atoms with E-state index >= 15 is 0 Å². The third-order valence-electron chi connectivity index (χ3n) is 1.29. The number of hydrogen-bond donors (Lipinski definition) is 0. The van der Waals surface area contributed by atoms with Gasteiger partial charge in [-0.2, -0.15) is 0 Å². The average Bonchev–Trinajstić information content (AvgIpc) is 2.04. The Labute approximate surface area is 98.9 Å². The molecule has 58 valence electrons. The average molecular weight is 190 g/mol. The van der Waals surface area contributed by atoms with Crippen LogP contribution in [-0.4, -0.2) is 12.0 Å². The normalized spacial score (nSPS) is 18.6. The summed E-state index contributed by atoms with van der Waals surface area (Å²) in [5, 5.41) is 10.9. The van der Waals surface area contributed by atoms with Crippen molar-refractivity contribution >= 4 is 17.1 Å². The van der Waals surface area contributed by atoms with E-state index in [1.165, 1.54) is 7.11 Å². The van der Waals surface area contributed by atoms with Gasteiger partial charge < -0.3 is 9.84 Å². The largest absolute Gasteiger partial charge is 1.00 e.